The van der Waals surface area contributed by atoms with E-state index in [2.05, 4.69) is 20.9 Å². The van der Waals surface area contributed by atoms with Gasteiger partial charge in [0.1, 0.15) is 0 Å². The number of nitrogens with two attached hydrogens (primary N) is 1. The zero-order valence-electron chi connectivity index (χ0n) is 13.1. The van der Waals surface area contributed by atoms with Crippen molar-refractivity contribution in [2.45, 2.75) is 31.8 Å². The number of guanidine groups is 1. The van der Waals surface area contributed by atoms with Gasteiger partial charge in [-0.25, -0.2) is 0 Å². The van der Waals surface area contributed by atoms with Crippen LogP contribution in [-0.2, 0) is 11.3 Å². The number of nitrogens with zero attached hydrogens (tertiary/aromatic N) is 3. The summed E-state index contributed by atoms with van der Waals surface area (Å²) in [6, 6.07) is 8.46. The molecule has 0 spiro atoms. The maximum Gasteiger partial charge on any atom is 0.224 e. The summed E-state index contributed by atoms with van der Waals surface area (Å²) >= 11 is 3.50. The van der Waals surface area contributed by atoms with Gasteiger partial charge in [-0.3, -0.25) is 9.79 Å². The van der Waals surface area contributed by atoms with Crippen molar-refractivity contribution in [1.29, 1.82) is 0 Å². The summed E-state index contributed by atoms with van der Waals surface area (Å²) in [7, 11) is 3.77. The van der Waals surface area contributed by atoms with E-state index in [1.54, 1.807) is 4.90 Å². The van der Waals surface area contributed by atoms with Crippen LogP contribution in [-0.4, -0.2) is 48.3 Å². The number of aliphatic imine (C=N–C) groups is 1. The fourth-order valence-electron chi connectivity index (χ4n) is 2.19. The van der Waals surface area contributed by atoms with Gasteiger partial charge in [0, 0.05) is 37.6 Å². The summed E-state index contributed by atoms with van der Waals surface area (Å²) in [4.78, 5) is 20.2. The van der Waals surface area contributed by atoms with Gasteiger partial charge in [0.2, 0.25) is 5.91 Å². The van der Waals surface area contributed by atoms with Crippen molar-refractivity contribution in [3.05, 3.63) is 34.3 Å². The molecule has 0 heterocycles. The van der Waals surface area contributed by atoms with Crippen molar-refractivity contribution < 1.29 is 4.79 Å². The van der Waals surface area contributed by atoms with Crippen LogP contribution in [0.5, 0.6) is 0 Å². The first-order valence-electron chi connectivity index (χ1n) is 7.49. The fourth-order valence-corrected chi connectivity index (χ4v) is 2.60. The van der Waals surface area contributed by atoms with Crippen LogP contribution in [0.1, 0.15) is 24.8 Å². The van der Waals surface area contributed by atoms with Crippen molar-refractivity contribution >= 4 is 27.8 Å². The van der Waals surface area contributed by atoms with E-state index in [0.29, 0.717) is 31.5 Å². The highest BCUT2D eigenvalue weighted by Gasteiger charge is 2.27. The molecule has 5 nitrogen and oxygen atoms in total. The van der Waals surface area contributed by atoms with Gasteiger partial charge in [-0.2, -0.15) is 0 Å². The van der Waals surface area contributed by atoms with Crippen LogP contribution in [0.3, 0.4) is 0 Å². The molecule has 1 fully saturated rings. The SMILES string of the molecule is CN(Cc1ccccc1Br)C(=O)CCN=C(N)N(C)C1CC1. The number of amides is 1. The first-order chi connectivity index (χ1) is 10.5. The lowest BCUT2D eigenvalue weighted by Crippen LogP contribution is -2.36. The number of halogens is 1. The van der Waals surface area contributed by atoms with Crippen LogP contribution in [0.15, 0.2) is 33.7 Å². The molecular weight excluding hydrogens is 344 g/mol. The van der Waals surface area contributed by atoms with Gasteiger partial charge in [0.25, 0.3) is 0 Å². The van der Waals surface area contributed by atoms with E-state index in [-0.39, 0.29) is 5.91 Å². The Kier molecular flexibility index (Phi) is 5.83. The van der Waals surface area contributed by atoms with E-state index in [4.69, 9.17) is 5.73 Å². The molecule has 1 aliphatic rings. The number of benzene rings is 1. The Morgan fingerprint density at radius 1 is 1.36 bits per heavy atom. The Bertz CT molecular complexity index is 557. The maximum atomic E-state index is 12.1. The minimum absolute atomic E-state index is 0.0707. The van der Waals surface area contributed by atoms with Crippen LogP contribution in [0, 0.1) is 0 Å². The first kappa shape index (κ1) is 16.8. The smallest absolute Gasteiger partial charge is 0.224 e. The predicted molar refractivity (Wildman–Crippen MR) is 92.5 cm³/mol. The molecule has 120 valence electrons. The van der Waals surface area contributed by atoms with E-state index >= 15 is 0 Å². The molecule has 0 unspecified atom stereocenters. The Labute approximate surface area is 140 Å². The number of rotatable bonds is 6. The topological polar surface area (TPSA) is 61.9 Å². The highest BCUT2D eigenvalue weighted by molar-refractivity contribution is 9.10. The average Bonchev–Trinajstić information content (AvgIpc) is 3.33. The van der Waals surface area contributed by atoms with E-state index in [1.165, 1.54) is 12.8 Å². The summed E-state index contributed by atoms with van der Waals surface area (Å²) in [5.41, 5.74) is 7.00. The second kappa shape index (κ2) is 7.63. The van der Waals surface area contributed by atoms with E-state index in [1.807, 2.05) is 43.3 Å². The van der Waals surface area contributed by atoms with Crippen LogP contribution in [0.4, 0.5) is 0 Å². The molecule has 22 heavy (non-hydrogen) atoms. The van der Waals surface area contributed by atoms with Gasteiger partial charge in [0.05, 0.1) is 6.54 Å². The van der Waals surface area contributed by atoms with Crippen molar-refractivity contribution in [1.82, 2.24) is 9.80 Å². The Morgan fingerprint density at radius 2 is 2.05 bits per heavy atom. The molecule has 0 radical (unpaired) electrons. The molecule has 1 aromatic rings. The fraction of sp³-hybridized carbons (Fsp3) is 0.500. The second-order valence-corrected chi connectivity index (χ2v) is 6.53. The third kappa shape index (κ3) is 4.73. The van der Waals surface area contributed by atoms with E-state index in [9.17, 15) is 4.79 Å². The molecule has 1 aromatic carbocycles. The molecule has 0 atom stereocenters. The van der Waals surface area contributed by atoms with Crippen molar-refractivity contribution in [3.8, 4) is 0 Å². The summed E-state index contributed by atoms with van der Waals surface area (Å²) < 4.78 is 1.02. The molecular formula is C16H23BrN4O. The lowest BCUT2D eigenvalue weighted by Gasteiger charge is -2.19. The highest BCUT2D eigenvalue weighted by atomic mass is 79.9. The summed E-state index contributed by atoms with van der Waals surface area (Å²) in [5.74, 6) is 0.602. The van der Waals surface area contributed by atoms with Crippen molar-refractivity contribution in [3.63, 3.8) is 0 Å². The molecule has 2 N–H and O–H groups in total. The van der Waals surface area contributed by atoms with Crippen LogP contribution < -0.4 is 5.73 Å². The highest BCUT2D eigenvalue weighted by Crippen LogP contribution is 2.24. The lowest BCUT2D eigenvalue weighted by atomic mass is 10.2. The molecule has 0 saturated heterocycles. The Morgan fingerprint density at radius 3 is 2.68 bits per heavy atom. The van der Waals surface area contributed by atoms with Gasteiger partial charge < -0.3 is 15.5 Å². The summed E-state index contributed by atoms with van der Waals surface area (Å²) in [5, 5.41) is 0. The quantitative estimate of drug-likeness (QED) is 0.620. The normalized spacial score (nSPS) is 14.8. The van der Waals surface area contributed by atoms with E-state index in [0.717, 1.165) is 10.0 Å². The minimum Gasteiger partial charge on any atom is -0.370 e. The maximum absolute atomic E-state index is 12.1. The van der Waals surface area contributed by atoms with Crippen molar-refractivity contribution in [2.75, 3.05) is 20.6 Å². The number of carbonyl (C=O) groups is 1. The zero-order valence-corrected chi connectivity index (χ0v) is 14.7. The summed E-state index contributed by atoms with van der Waals surface area (Å²) in [6.07, 6.45) is 2.74. The van der Waals surface area contributed by atoms with Crippen LogP contribution in [0.25, 0.3) is 0 Å². The molecule has 1 amide bonds. The number of hydrogen-bond donors (Lipinski definition) is 1. The number of carbonyl (C=O) groups excluding carboxylic acids is 1. The molecule has 0 aromatic heterocycles. The average molecular weight is 367 g/mol. The Hall–Kier alpha value is -1.56. The standard InChI is InChI=1S/C16H23BrN4O/c1-20(11-12-5-3-4-6-14(12)17)15(22)9-10-19-16(18)21(2)13-7-8-13/h3-6,13H,7-11H2,1-2H3,(H2,18,19). The Balaban J connectivity index is 1.79. The summed E-state index contributed by atoms with van der Waals surface area (Å²) in [6.45, 7) is 1.02. The van der Waals surface area contributed by atoms with Gasteiger partial charge in [0.15, 0.2) is 5.96 Å². The van der Waals surface area contributed by atoms with Gasteiger partial charge in [-0.15, -0.1) is 0 Å². The molecule has 1 saturated carbocycles. The second-order valence-electron chi connectivity index (χ2n) is 5.67. The lowest BCUT2D eigenvalue weighted by molar-refractivity contribution is -0.130. The van der Waals surface area contributed by atoms with Crippen LogP contribution >= 0.6 is 15.9 Å². The molecule has 0 bridgehead atoms. The van der Waals surface area contributed by atoms with Gasteiger partial charge >= 0.3 is 0 Å². The minimum atomic E-state index is 0.0707. The van der Waals surface area contributed by atoms with Crippen LogP contribution in [0.2, 0.25) is 0 Å². The van der Waals surface area contributed by atoms with Gasteiger partial charge in [-0.1, -0.05) is 34.1 Å². The molecule has 1 aliphatic carbocycles. The monoisotopic (exact) mass is 366 g/mol. The zero-order chi connectivity index (χ0) is 16.1. The molecule has 0 aliphatic heterocycles. The first-order valence-corrected chi connectivity index (χ1v) is 8.28. The predicted octanol–water partition coefficient (Wildman–Crippen LogP) is 2.21. The largest absolute Gasteiger partial charge is 0.370 e. The molecule has 2 rings (SSSR count). The van der Waals surface area contributed by atoms with Gasteiger partial charge in [-0.05, 0) is 24.5 Å². The van der Waals surface area contributed by atoms with Crippen molar-refractivity contribution in [2.24, 2.45) is 10.7 Å². The van der Waals surface area contributed by atoms with E-state index < -0.39 is 0 Å². The third-order valence-corrected chi connectivity index (χ3v) is 4.62. The third-order valence-electron chi connectivity index (χ3n) is 3.85. The molecule has 6 heteroatoms. The number of hydrogen-bond acceptors (Lipinski definition) is 2.